The zero-order valence-electron chi connectivity index (χ0n) is 11.3. The van der Waals surface area contributed by atoms with Gasteiger partial charge in [0, 0.05) is 17.9 Å². The first-order valence-electron chi connectivity index (χ1n) is 6.46. The molecule has 2 heteroatoms. The first kappa shape index (κ1) is 14.0. The van der Waals surface area contributed by atoms with Crippen LogP contribution in [0.1, 0.15) is 46.5 Å². The molecule has 0 N–H and O–H groups in total. The number of ketones is 1. The molecule has 96 valence electrons. The maximum atomic E-state index is 12.2. The van der Waals surface area contributed by atoms with E-state index in [9.17, 15) is 4.79 Å². The second kappa shape index (κ2) is 6.04. The Morgan fingerprint density at radius 3 is 2.88 bits per heavy atom. The van der Waals surface area contributed by atoms with Gasteiger partial charge in [-0.3, -0.25) is 4.79 Å². The molecule has 1 aliphatic rings. The van der Waals surface area contributed by atoms with E-state index in [1.807, 2.05) is 13.0 Å². The first-order valence-corrected chi connectivity index (χ1v) is 6.46. The smallest absolute Gasteiger partial charge is 0.165 e. The zero-order valence-corrected chi connectivity index (χ0v) is 11.3. The second-order valence-electron chi connectivity index (χ2n) is 5.59. The maximum Gasteiger partial charge on any atom is 0.165 e. The first-order chi connectivity index (χ1) is 7.98. The molecule has 0 aliphatic heterocycles. The van der Waals surface area contributed by atoms with Crippen molar-refractivity contribution in [1.29, 1.82) is 0 Å². The van der Waals surface area contributed by atoms with Crippen LogP contribution in [0.15, 0.2) is 24.5 Å². The predicted octanol–water partition coefficient (Wildman–Crippen LogP) is 3.88. The molecule has 0 unspecified atom stereocenters. The molecule has 0 aromatic rings. The Kier molecular flexibility index (Phi) is 4.98. The van der Waals surface area contributed by atoms with Crippen molar-refractivity contribution in [2.24, 2.45) is 11.3 Å². The average molecular weight is 236 g/mol. The van der Waals surface area contributed by atoms with Crippen molar-refractivity contribution in [1.82, 2.24) is 0 Å². The van der Waals surface area contributed by atoms with E-state index in [2.05, 4.69) is 20.4 Å². The van der Waals surface area contributed by atoms with Crippen molar-refractivity contribution >= 4 is 5.78 Å². The topological polar surface area (TPSA) is 26.3 Å². The molecule has 0 amide bonds. The third kappa shape index (κ3) is 4.03. The summed E-state index contributed by atoms with van der Waals surface area (Å²) in [6, 6.07) is 0. The van der Waals surface area contributed by atoms with E-state index in [1.54, 1.807) is 6.08 Å². The largest absolute Gasteiger partial charge is 0.498 e. The van der Waals surface area contributed by atoms with E-state index in [0.717, 1.165) is 31.4 Å². The number of hydrogen-bond acceptors (Lipinski definition) is 2. The van der Waals surface area contributed by atoms with Gasteiger partial charge in [0.2, 0.25) is 0 Å². The third-order valence-electron chi connectivity index (χ3n) is 3.24. The monoisotopic (exact) mass is 236 g/mol. The predicted molar refractivity (Wildman–Crippen MR) is 70.7 cm³/mol. The van der Waals surface area contributed by atoms with Gasteiger partial charge in [0.05, 0.1) is 12.4 Å². The quantitative estimate of drug-likeness (QED) is 0.677. The highest BCUT2D eigenvalue weighted by molar-refractivity contribution is 5.95. The fraction of sp³-hybridized carbons (Fsp3) is 0.667. The number of rotatable bonds is 5. The molecule has 0 aromatic heterocycles. The Balaban J connectivity index is 2.70. The molecule has 0 spiro atoms. The highest BCUT2D eigenvalue weighted by Crippen LogP contribution is 2.34. The van der Waals surface area contributed by atoms with Crippen LogP contribution in [0.3, 0.4) is 0 Å². The van der Waals surface area contributed by atoms with Crippen molar-refractivity contribution in [3.8, 4) is 0 Å². The highest BCUT2D eigenvalue weighted by atomic mass is 16.5. The second-order valence-corrected chi connectivity index (χ2v) is 5.59. The van der Waals surface area contributed by atoms with E-state index in [-0.39, 0.29) is 11.2 Å². The highest BCUT2D eigenvalue weighted by Gasteiger charge is 2.32. The van der Waals surface area contributed by atoms with Gasteiger partial charge >= 0.3 is 0 Å². The summed E-state index contributed by atoms with van der Waals surface area (Å²) >= 11 is 0. The number of hydrogen-bond donors (Lipinski definition) is 0. The summed E-state index contributed by atoms with van der Waals surface area (Å²) in [7, 11) is 0. The maximum absolute atomic E-state index is 12.2. The minimum absolute atomic E-state index is 0.189. The summed E-state index contributed by atoms with van der Waals surface area (Å²) in [6.07, 6.45) is 7.11. The van der Waals surface area contributed by atoms with Crippen LogP contribution < -0.4 is 0 Å². The Morgan fingerprint density at radius 1 is 1.59 bits per heavy atom. The fourth-order valence-electron chi connectivity index (χ4n) is 2.08. The number of ether oxygens (including phenoxy) is 1. The van der Waals surface area contributed by atoms with Gasteiger partial charge in [-0.25, -0.2) is 0 Å². The van der Waals surface area contributed by atoms with Gasteiger partial charge in [-0.2, -0.15) is 0 Å². The van der Waals surface area contributed by atoms with E-state index in [0.29, 0.717) is 12.5 Å². The summed E-state index contributed by atoms with van der Waals surface area (Å²) in [6.45, 7) is 10.7. The van der Waals surface area contributed by atoms with Crippen LogP contribution in [-0.2, 0) is 9.53 Å². The molecule has 0 radical (unpaired) electrons. The lowest BCUT2D eigenvalue weighted by Gasteiger charge is -2.23. The van der Waals surface area contributed by atoms with Crippen LogP contribution in [0, 0.1) is 11.3 Å². The number of allylic oxidation sites excluding steroid dienone is 3. The van der Waals surface area contributed by atoms with Gasteiger partial charge in [0.25, 0.3) is 0 Å². The summed E-state index contributed by atoms with van der Waals surface area (Å²) in [5, 5.41) is 0. The molecule has 1 aliphatic carbocycles. The van der Waals surface area contributed by atoms with E-state index in [4.69, 9.17) is 4.74 Å². The third-order valence-corrected chi connectivity index (χ3v) is 3.24. The van der Waals surface area contributed by atoms with E-state index < -0.39 is 0 Å². The Hall–Kier alpha value is -1.05. The Labute approximate surface area is 105 Å². The lowest BCUT2D eigenvalue weighted by atomic mass is 9.79. The van der Waals surface area contributed by atoms with Crippen molar-refractivity contribution < 1.29 is 9.53 Å². The van der Waals surface area contributed by atoms with Crippen molar-refractivity contribution in [3.05, 3.63) is 24.5 Å². The molecule has 0 heterocycles. The molecule has 2 nitrogen and oxygen atoms in total. The lowest BCUT2D eigenvalue weighted by Crippen LogP contribution is -2.24. The molecule has 17 heavy (non-hydrogen) atoms. The molecule has 1 atom stereocenters. The van der Waals surface area contributed by atoms with E-state index >= 15 is 0 Å². The molecule has 0 saturated heterocycles. The molecule has 0 bridgehead atoms. The SMILES string of the molecule is C=CC[C@@]1(C)CCCC(OCC(C)C)=CC1=O. The molecular weight excluding hydrogens is 212 g/mol. The summed E-state index contributed by atoms with van der Waals surface area (Å²) < 4.78 is 5.68. The van der Waals surface area contributed by atoms with Crippen LogP contribution in [0.2, 0.25) is 0 Å². The van der Waals surface area contributed by atoms with Crippen LogP contribution in [0.4, 0.5) is 0 Å². The van der Waals surface area contributed by atoms with Gasteiger partial charge in [-0.05, 0) is 25.2 Å². The van der Waals surface area contributed by atoms with Crippen molar-refractivity contribution in [2.75, 3.05) is 6.61 Å². The van der Waals surface area contributed by atoms with Gasteiger partial charge in [-0.1, -0.05) is 26.8 Å². The van der Waals surface area contributed by atoms with Crippen LogP contribution >= 0.6 is 0 Å². The Bertz CT molecular complexity index is 315. The minimum Gasteiger partial charge on any atom is -0.498 e. The summed E-state index contributed by atoms with van der Waals surface area (Å²) in [4.78, 5) is 12.2. The normalized spacial score (nSPS) is 25.4. The average Bonchev–Trinajstić information content (AvgIpc) is 2.37. The molecule has 0 aromatic carbocycles. The molecule has 0 fully saturated rings. The van der Waals surface area contributed by atoms with Gasteiger partial charge < -0.3 is 4.74 Å². The van der Waals surface area contributed by atoms with Crippen LogP contribution in [0.25, 0.3) is 0 Å². The molecule has 1 rings (SSSR count). The van der Waals surface area contributed by atoms with Crippen LogP contribution in [0.5, 0.6) is 0 Å². The zero-order chi connectivity index (χ0) is 12.9. The van der Waals surface area contributed by atoms with Crippen LogP contribution in [-0.4, -0.2) is 12.4 Å². The van der Waals surface area contributed by atoms with Gasteiger partial charge in [-0.15, -0.1) is 6.58 Å². The lowest BCUT2D eigenvalue weighted by molar-refractivity contribution is -0.123. The number of carbonyl (C=O) groups excluding carboxylic acids is 1. The summed E-state index contributed by atoms with van der Waals surface area (Å²) in [5.41, 5.74) is -0.273. The van der Waals surface area contributed by atoms with Crippen molar-refractivity contribution in [2.45, 2.75) is 46.5 Å². The van der Waals surface area contributed by atoms with Crippen molar-refractivity contribution in [3.63, 3.8) is 0 Å². The van der Waals surface area contributed by atoms with Gasteiger partial charge in [0.15, 0.2) is 5.78 Å². The molecule has 0 saturated carbocycles. The standard InChI is InChI=1S/C15H24O2/c1-5-8-15(4)9-6-7-13(10-14(15)16)17-11-12(2)3/h5,10,12H,1,6-9,11H2,2-4H3/t15-/m0/s1. The summed E-state index contributed by atoms with van der Waals surface area (Å²) in [5.74, 6) is 1.54. The van der Waals surface area contributed by atoms with E-state index in [1.165, 1.54) is 0 Å². The fourth-order valence-corrected chi connectivity index (χ4v) is 2.08. The molecular formula is C15H24O2. The van der Waals surface area contributed by atoms with Gasteiger partial charge in [0.1, 0.15) is 0 Å². The number of carbonyl (C=O) groups is 1. The minimum atomic E-state index is -0.273. The Morgan fingerprint density at radius 2 is 2.29 bits per heavy atom.